The number of nitrogens with zero attached hydrogens (tertiary/aromatic N) is 6. The lowest BCUT2D eigenvalue weighted by Gasteiger charge is -2.39. The van der Waals surface area contributed by atoms with Crippen molar-refractivity contribution in [3.05, 3.63) is 39.9 Å². The third kappa shape index (κ3) is 4.66. The van der Waals surface area contributed by atoms with Crippen LogP contribution in [0.3, 0.4) is 0 Å². The van der Waals surface area contributed by atoms with Gasteiger partial charge in [-0.15, -0.1) is 0 Å². The van der Waals surface area contributed by atoms with E-state index in [1.807, 2.05) is 4.90 Å². The largest absolute Gasteiger partial charge is 0.419 e. The minimum absolute atomic E-state index is 0.163. The molecule has 0 unspecified atom stereocenters. The smallest absolute Gasteiger partial charge is 0.365 e. The molecule has 172 valence electrons. The normalized spacial score (nSPS) is 19.9. The first kappa shape index (κ1) is 22.0. The van der Waals surface area contributed by atoms with Gasteiger partial charge in [-0.05, 0) is 13.0 Å². The van der Waals surface area contributed by atoms with Crippen molar-refractivity contribution in [1.82, 2.24) is 25.1 Å². The van der Waals surface area contributed by atoms with Gasteiger partial charge in [0, 0.05) is 50.7 Å². The van der Waals surface area contributed by atoms with E-state index in [1.54, 1.807) is 22.8 Å². The number of anilines is 2. The first-order valence-electron chi connectivity index (χ1n) is 10.1. The maximum absolute atomic E-state index is 13.0. The molecule has 4 heterocycles. The van der Waals surface area contributed by atoms with E-state index < -0.39 is 17.8 Å². The number of carbonyl (C=O) groups excluding carboxylic acids is 1. The molecule has 0 saturated carbocycles. The molecule has 2 fully saturated rings. The van der Waals surface area contributed by atoms with Crippen molar-refractivity contribution in [2.75, 3.05) is 55.7 Å². The molecule has 0 aromatic carbocycles. The molecule has 2 aliphatic heterocycles. The lowest BCUT2D eigenvalue weighted by molar-refractivity contribution is -0.144. The number of ether oxygens (including phenoxy) is 1. The number of rotatable bonds is 3. The van der Waals surface area contributed by atoms with Crippen molar-refractivity contribution in [2.24, 2.45) is 0 Å². The Labute approximate surface area is 181 Å². The highest BCUT2D eigenvalue weighted by atomic mass is 19.4. The molecule has 2 aromatic heterocycles. The molecule has 0 bridgehead atoms. The Hall–Kier alpha value is -3.22. The quantitative estimate of drug-likeness (QED) is 0.714. The average molecular weight is 453 g/mol. The molecule has 1 atom stereocenters. The fourth-order valence-corrected chi connectivity index (χ4v) is 3.62. The summed E-state index contributed by atoms with van der Waals surface area (Å²) in [6.07, 6.45) is -3.64. The zero-order chi connectivity index (χ0) is 22.9. The number of hydrogen-bond acceptors (Lipinski definition) is 8. The van der Waals surface area contributed by atoms with E-state index in [-0.39, 0.29) is 17.4 Å². The zero-order valence-corrected chi connectivity index (χ0v) is 17.3. The molecule has 2 aromatic rings. The van der Waals surface area contributed by atoms with Crippen molar-refractivity contribution >= 4 is 17.7 Å². The van der Waals surface area contributed by atoms with Crippen LogP contribution in [0.1, 0.15) is 11.1 Å². The summed E-state index contributed by atoms with van der Waals surface area (Å²) in [7, 11) is 0. The molecule has 32 heavy (non-hydrogen) atoms. The van der Waals surface area contributed by atoms with E-state index in [0.29, 0.717) is 57.3 Å². The highest BCUT2D eigenvalue weighted by Crippen LogP contribution is 2.28. The van der Waals surface area contributed by atoms with E-state index in [1.165, 1.54) is 0 Å². The lowest BCUT2D eigenvalue weighted by atomic mass is 10.2. The van der Waals surface area contributed by atoms with Crippen LogP contribution >= 0.6 is 0 Å². The lowest BCUT2D eigenvalue weighted by Crippen LogP contribution is -2.56. The molecule has 0 spiro atoms. The van der Waals surface area contributed by atoms with Gasteiger partial charge in [0.15, 0.2) is 6.10 Å². The minimum Gasteiger partial charge on any atom is -0.365 e. The van der Waals surface area contributed by atoms with E-state index in [4.69, 9.17) is 4.74 Å². The van der Waals surface area contributed by atoms with Gasteiger partial charge in [0.25, 0.3) is 11.5 Å². The summed E-state index contributed by atoms with van der Waals surface area (Å²) in [5.74, 6) is 0.612. The van der Waals surface area contributed by atoms with Gasteiger partial charge in [-0.25, -0.2) is 15.1 Å². The predicted molar refractivity (Wildman–Crippen MR) is 107 cm³/mol. The molecule has 10 nitrogen and oxygen atoms in total. The maximum atomic E-state index is 13.0. The van der Waals surface area contributed by atoms with Crippen molar-refractivity contribution in [1.29, 1.82) is 0 Å². The third-order valence-corrected chi connectivity index (χ3v) is 5.48. The summed E-state index contributed by atoms with van der Waals surface area (Å²) in [5.41, 5.74) is -0.628. The Morgan fingerprint density at radius 3 is 2.44 bits per heavy atom. The minimum atomic E-state index is -4.49. The number of aryl methyl sites for hydroxylation is 1. The molecule has 13 heteroatoms. The fourth-order valence-electron chi connectivity index (χ4n) is 3.62. The van der Waals surface area contributed by atoms with Crippen LogP contribution in [-0.2, 0) is 15.7 Å². The fraction of sp³-hybridized carbons (Fsp3) is 0.526. The molecule has 2 saturated heterocycles. The molecule has 1 amide bonds. The summed E-state index contributed by atoms with van der Waals surface area (Å²) < 4.78 is 43.7. The topological polar surface area (TPSA) is 108 Å². The molecule has 0 aliphatic carbocycles. The van der Waals surface area contributed by atoms with Crippen LogP contribution in [0, 0.1) is 6.92 Å². The van der Waals surface area contributed by atoms with E-state index in [0.717, 1.165) is 12.4 Å². The maximum Gasteiger partial charge on any atom is 0.419 e. The Balaban J connectivity index is 1.34. The Morgan fingerprint density at radius 2 is 1.81 bits per heavy atom. The highest BCUT2D eigenvalue weighted by Gasteiger charge is 2.34. The van der Waals surface area contributed by atoms with Crippen LogP contribution in [0.25, 0.3) is 0 Å². The number of H-pyrrole nitrogens is 1. The molecular formula is C19H22F3N7O3. The van der Waals surface area contributed by atoms with Gasteiger partial charge in [-0.2, -0.15) is 18.3 Å². The number of amides is 1. The molecule has 0 radical (unpaired) electrons. The Kier molecular flexibility index (Phi) is 6.00. The van der Waals surface area contributed by atoms with E-state index in [9.17, 15) is 22.8 Å². The number of morpholine rings is 1. The first-order chi connectivity index (χ1) is 15.2. The molecule has 4 rings (SSSR count). The van der Waals surface area contributed by atoms with Crippen LogP contribution in [0.5, 0.6) is 0 Å². The monoisotopic (exact) mass is 453 g/mol. The van der Waals surface area contributed by atoms with Gasteiger partial charge < -0.3 is 19.4 Å². The number of aromatic nitrogens is 4. The van der Waals surface area contributed by atoms with Crippen molar-refractivity contribution in [3.63, 3.8) is 0 Å². The number of nitrogens with one attached hydrogen (secondary N) is 1. The molecule has 1 N–H and O–H groups in total. The molecule has 2 aliphatic rings. The van der Waals surface area contributed by atoms with Gasteiger partial charge in [0.2, 0.25) is 5.95 Å². The number of halogens is 3. The van der Waals surface area contributed by atoms with Crippen molar-refractivity contribution in [3.8, 4) is 0 Å². The second-order valence-corrected chi connectivity index (χ2v) is 7.63. The Bertz CT molecular complexity index is 1020. The van der Waals surface area contributed by atoms with Crippen LogP contribution < -0.4 is 15.4 Å². The predicted octanol–water partition coefficient (Wildman–Crippen LogP) is 0.441. The van der Waals surface area contributed by atoms with Gasteiger partial charge in [0.1, 0.15) is 5.82 Å². The van der Waals surface area contributed by atoms with Crippen LogP contribution in [-0.4, -0.2) is 83.0 Å². The summed E-state index contributed by atoms with van der Waals surface area (Å²) in [5, 5.41) is 6.49. The van der Waals surface area contributed by atoms with Gasteiger partial charge in [-0.1, -0.05) is 0 Å². The van der Waals surface area contributed by atoms with E-state index in [2.05, 4.69) is 20.2 Å². The summed E-state index contributed by atoms with van der Waals surface area (Å²) in [4.78, 5) is 37.4. The number of piperazine rings is 1. The number of carbonyl (C=O) groups is 1. The number of aromatic amines is 1. The summed E-state index contributed by atoms with van der Waals surface area (Å²) >= 11 is 0. The molecular weight excluding hydrogens is 431 g/mol. The van der Waals surface area contributed by atoms with E-state index >= 15 is 0 Å². The number of alkyl halides is 3. The van der Waals surface area contributed by atoms with Gasteiger partial charge >= 0.3 is 6.18 Å². The van der Waals surface area contributed by atoms with Crippen LogP contribution in [0.2, 0.25) is 0 Å². The van der Waals surface area contributed by atoms with Crippen LogP contribution in [0.4, 0.5) is 24.9 Å². The van der Waals surface area contributed by atoms with Crippen molar-refractivity contribution in [2.45, 2.75) is 19.2 Å². The average Bonchev–Trinajstić information content (AvgIpc) is 2.80. The second kappa shape index (κ2) is 8.73. The standard InChI is InChI=1S/C19H22F3N7O3/c1-12-8-15(25-26-16(12)30)29-6-7-32-14(11-29)17(31)27-2-4-28(5-3-27)18-23-9-13(10-24-18)19(20,21)22/h8-10,14H,2-7,11H2,1H3,(H,26,30)/t14-/m1/s1. The third-order valence-electron chi connectivity index (χ3n) is 5.48. The zero-order valence-electron chi connectivity index (χ0n) is 17.3. The van der Waals surface area contributed by atoms with Gasteiger partial charge in [0.05, 0.1) is 18.7 Å². The SMILES string of the molecule is Cc1cc(N2CCO[C@@H](C(=O)N3CCN(c4ncc(C(F)(F)F)cn4)CC3)C2)n[nH]c1=O. The van der Waals surface area contributed by atoms with Crippen molar-refractivity contribution < 1.29 is 22.7 Å². The van der Waals surface area contributed by atoms with Gasteiger partial charge in [-0.3, -0.25) is 9.59 Å². The summed E-state index contributed by atoms with van der Waals surface area (Å²) in [6.45, 7) is 4.42. The Morgan fingerprint density at radius 1 is 1.12 bits per heavy atom. The second-order valence-electron chi connectivity index (χ2n) is 7.63. The van der Waals surface area contributed by atoms with Crippen LogP contribution in [0.15, 0.2) is 23.3 Å². The number of hydrogen-bond donors (Lipinski definition) is 1. The summed E-state index contributed by atoms with van der Waals surface area (Å²) in [6, 6.07) is 1.68. The highest BCUT2D eigenvalue weighted by molar-refractivity contribution is 5.82. The first-order valence-corrected chi connectivity index (χ1v) is 10.1.